The van der Waals surface area contributed by atoms with Gasteiger partial charge in [0.05, 0.1) is 11.5 Å². The fraction of sp³-hybridized carbons (Fsp3) is 0.500. The molecule has 4 N–H and O–H groups in total. The molecule has 0 radical (unpaired) electrons. The summed E-state index contributed by atoms with van der Waals surface area (Å²) in [5, 5.41) is 12.5. The summed E-state index contributed by atoms with van der Waals surface area (Å²) in [5.41, 5.74) is 6.14. The number of hydrogen-bond donors (Lipinski definition) is 3. The van der Waals surface area contributed by atoms with Crippen LogP contribution < -0.4 is 11.1 Å². The number of carboxylic acid groups (broad SMARTS) is 1. The number of rotatable bonds is 4. The Kier molecular flexibility index (Phi) is 3.44. The standard InChI is InChI=1S/C14H16N2O4S/c15-11(17)10-9-7(14(19)20)2-1-3-8(9)21-13(10)16-12(18)6-4-5-6/h6-7H,1-5H2,(H2,15,17)(H,16,18)(H,19,20). The van der Waals surface area contributed by atoms with Gasteiger partial charge in [0.1, 0.15) is 5.00 Å². The topological polar surface area (TPSA) is 109 Å². The molecule has 2 amide bonds. The normalized spacial score (nSPS) is 20.7. The van der Waals surface area contributed by atoms with Gasteiger partial charge in [0, 0.05) is 10.8 Å². The van der Waals surface area contributed by atoms with Gasteiger partial charge < -0.3 is 16.2 Å². The number of nitrogens with one attached hydrogen (secondary N) is 1. The molecule has 2 aliphatic rings. The zero-order valence-electron chi connectivity index (χ0n) is 11.3. The lowest BCUT2D eigenvalue weighted by Crippen LogP contribution is -2.23. The van der Waals surface area contributed by atoms with E-state index < -0.39 is 17.8 Å². The van der Waals surface area contributed by atoms with Crippen LogP contribution in [0.25, 0.3) is 0 Å². The number of aryl methyl sites for hydroxylation is 1. The number of fused-ring (bicyclic) bond motifs is 1. The van der Waals surface area contributed by atoms with Crippen LogP contribution in [-0.2, 0) is 16.0 Å². The Bertz CT molecular complexity index is 633. The summed E-state index contributed by atoms with van der Waals surface area (Å²) in [6, 6.07) is 0. The van der Waals surface area contributed by atoms with E-state index in [1.165, 1.54) is 11.3 Å². The van der Waals surface area contributed by atoms with E-state index >= 15 is 0 Å². The summed E-state index contributed by atoms with van der Waals surface area (Å²) < 4.78 is 0. The van der Waals surface area contributed by atoms with Crippen LogP contribution in [-0.4, -0.2) is 22.9 Å². The van der Waals surface area contributed by atoms with Crippen LogP contribution in [0.5, 0.6) is 0 Å². The highest BCUT2D eigenvalue weighted by Gasteiger charge is 2.36. The van der Waals surface area contributed by atoms with E-state index in [1.54, 1.807) is 0 Å². The fourth-order valence-corrected chi connectivity index (χ4v) is 4.11. The number of amides is 2. The predicted molar refractivity (Wildman–Crippen MR) is 77.5 cm³/mol. The minimum atomic E-state index is -0.948. The van der Waals surface area contributed by atoms with E-state index in [1.807, 2.05) is 0 Å². The third-order valence-corrected chi connectivity index (χ3v) is 5.18. The summed E-state index contributed by atoms with van der Waals surface area (Å²) in [5.74, 6) is -2.43. The van der Waals surface area contributed by atoms with Gasteiger partial charge in [-0.1, -0.05) is 0 Å². The van der Waals surface area contributed by atoms with Gasteiger partial charge in [0.2, 0.25) is 5.91 Å². The van der Waals surface area contributed by atoms with Crippen LogP contribution in [0.1, 0.15) is 52.4 Å². The van der Waals surface area contributed by atoms with Crippen molar-refractivity contribution in [3.05, 3.63) is 16.0 Å². The first-order valence-electron chi connectivity index (χ1n) is 6.98. The molecule has 1 saturated carbocycles. The lowest BCUT2D eigenvalue weighted by Gasteiger charge is -2.19. The average molecular weight is 308 g/mol. The molecule has 6 nitrogen and oxygen atoms in total. The highest BCUT2D eigenvalue weighted by Crippen LogP contribution is 2.44. The van der Waals surface area contributed by atoms with Crippen LogP contribution in [0.15, 0.2) is 0 Å². The van der Waals surface area contributed by atoms with Crippen LogP contribution in [0, 0.1) is 5.92 Å². The van der Waals surface area contributed by atoms with Crippen molar-refractivity contribution in [2.75, 3.05) is 5.32 Å². The number of anilines is 1. The van der Waals surface area contributed by atoms with Gasteiger partial charge >= 0.3 is 5.97 Å². The monoisotopic (exact) mass is 308 g/mol. The summed E-state index contributed by atoms with van der Waals surface area (Å²) in [7, 11) is 0. The molecule has 0 aromatic carbocycles. The van der Waals surface area contributed by atoms with Crippen molar-refractivity contribution in [2.24, 2.45) is 11.7 Å². The summed E-state index contributed by atoms with van der Waals surface area (Å²) in [6.45, 7) is 0. The first-order chi connectivity index (χ1) is 9.99. The largest absolute Gasteiger partial charge is 0.481 e. The van der Waals surface area contributed by atoms with Gasteiger partial charge in [-0.05, 0) is 37.7 Å². The maximum Gasteiger partial charge on any atom is 0.311 e. The summed E-state index contributed by atoms with van der Waals surface area (Å²) >= 11 is 1.29. The number of nitrogens with two attached hydrogens (primary N) is 1. The molecular weight excluding hydrogens is 292 g/mol. The SMILES string of the molecule is NC(=O)c1c(NC(=O)C2CC2)sc2c1C(C(=O)O)CCC2. The summed E-state index contributed by atoms with van der Waals surface area (Å²) in [4.78, 5) is 35.9. The molecule has 7 heteroatoms. The van der Waals surface area contributed by atoms with Crippen molar-refractivity contribution in [3.8, 4) is 0 Å². The van der Waals surface area contributed by atoms with E-state index in [0.29, 0.717) is 17.0 Å². The van der Waals surface area contributed by atoms with Crippen LogP contribution >= 0.6 is 11.3 Å². The van der Waals surface area contributed by atoms with E-state index in [9.17, 15) is 19.5 Å². The third kappa shape index (κ3) is 2.53. The molecule has 1 atom stereocenters. The number of hydrogen-bond acceptors (Lipinski definition) is 4. The van der Waals surface area contributed by atoms with Gasteiger partial charge in [-0.2, -0.15) is 0 Å². The molecule has 1 fully saturated rings. The van der Waals surface area contributed by atoms with Crippen LogP contribution in [0.4, 0.5) is 5.00 Å². The molecular formula is C14H16N2O4S. The first kappa shape index (κ1) is 14.1. The van der Waals surface area contributed by atoms with Gasteiger partial charge in [0.25, 0.3) is 5.91 Å². The Morgan fingerprint density at radius 3 is 2.52 bits per heavy atom. The van der Waals surface area contributed by atoms with Gasteiger partial charge in [-0.15, -0.1) is 11.3 Å². The molecule has 0 bridgehead atoms. The van der Waals surface area contributed by atoms with Crippen LogP contribution in [0.3, 0.4) is 0 Å². The molecule has 1 aromatic heterocycles. The smallest absolute Gasteiger partial charge is 0.311 e. The molecule has 0 aliphatic heterocycles. The van der Waals surface area contributed by atoms with Gasteiger partial charge in [-0.3, -0.25) is 14.4 Å². The minimum Gasteiger partial charge on any atom is -0.481 e. The zero-order valence-corrected chi connectivity index (χ0v) is 12.2. The van der Waals surface area contributed by atoms with Crippen LogP contribution in [0.2, 0.25) is 0 Å². The average Bonchev–Trinajstić information content (AvgIpc) is 3.19. The van der Waals surface area contributed by atoms with Crippen molar-refractivity contribution < 1.29 is 19.5 Å². The maximum absolute atomic E-state index is 11.9. The van der Waals surface area contributed by atoms with Crippen molar-refractivity contribution >= 4 is 34.1 Å². The Morgan fingerprint density at radius 1 is 1.24 bits per heavy atom. The molecule has 112 valence electrons. The molecule has 0 spiro atoms. The van der Waals surface area contributed by atoms with Crippen molar-refractivity contribution in [1.29, 1.82) is 0 Å². The van der Waals surface area contributed by atoms with Gasteiger partial charge in [0.15, 0.2) is 0 Å². The number of thiophene rings is 1. The number of carbonyl (C=O) groups is 3. The lowest BCUT2D eigenvalue weighted by molar-refractivity contribution is -0.139. The molecule has 1 heterocycles. The highest BCUT2D eigenvalue weighted by molar-refractivity contribution is 7.17. The van der Waals surface area contributed by atoms with E-state index in [4.69, 9.17) is 5.73 Å². The zero-order chi connectivity index (χ0) is 15.1. The second-order valence-electron chi connectivity index (χ2n) is 5.55. The predicted octanol–water partition coefficient (Wildman–Crippen LogP) is 1.70. The molecule has 2 aliphatic carbocycles. The second kappa shape index (κ2) is 5.14. The number of carboxylic acids is 1. The molecule has 1 aromatic rings. The Labute approximate surface area is 125 Å². The van der Waals surface area contributed by atoms with Crippen molar-refractivity contribution in [2.45, 2.75) is 38.0 Å². The number of carbonyl (C=O) groups excluding carboxylic acids is 2. The maximum atomic E-state index is 11.9. The molecule has 21 heavy (non-hydrogen) atoms. The first-order valence-corrected chi connectivity index (χ1v) is 7.79. The van der Waals surface area contributed by atoms with E-state index in [2.05, 4.69) is 5.32 Å². The third-order valence-electron chi connectivity index (χ3n) is 4.00. The second-order valence-corrected chi connectivity index (χ2v) is 6.66. The fourth-order valence-electron chi connectivity index (χ4n) is 2.80. The van der Waals surface area contributed by atoms with Crippen molar-refractivity contribution in [1.82, 2.24) is 0 Å². The quantitative estimate of drug-likeness (QED) is 0.786. The van der Waals surface area contributed by atoms with Crippen molar-refractivity contribution in [3.63, 3.8) is 0 Å². The van der Waals surface area contributed by atoms with Gasteiger partial charge in [-0.25, -0.2) is 0 Å². The lowest BCUT2D eigenvalue weighted by atomic mass is 9.85. The highest BCUT2D eigenvalue weighted by atomic mass is 32.1. The van der Waals surface area contributed by atoms with E-state index in [-0.39, 0.29) is 17.4 Å². The number of primary amides is 1. The molecule has 3 rings (SSSR count). The van der Waals surface area contributed by atoms with E-state index in [0.717, 1.165) is 30.6 Å². The Balaban J connectivity index is 2.02. The minimum absolute atomic E-state index is 0.0140. The Hall–Kier alpha value is -1.89. The Morgan fingerprint density at radius 2 is 1.95 bits per heavy atom. The number of aliphatic carboxylic acids is 1. The molecule has 1 unspecified atom stereocenters. The summed E-state index contributed by atoms with van der Waals surface area (Å²) in [6.07, 6.45) is 3.71. The molecule has 0 saturated heterocycles.